The van der Waals surface area contributed by atoms with Crippen molar-refractivity contribution in [2.45, 2.75) is 23.7 Å². The molecule has 1 aromatic carbocycles. The normalized spacial score (nSPS) is 15.0. The van der Waals surface area contributed by atoms with Gasteiger partial charge in [0.2, 0.25) is 0 Å². The first kappa shape index (κ1) is 14.5. The Morgan fingerprint density at radius 1 is 1.22 bits per heavy atom. The average molecular weight is 350 g/mol. The van der Waals surface area contributed by atoms with Crippen LogP contribution in [0.3, 0.4) is 0 Å². The number of benzene rings is 1. The summed E-state index contributed by atoms with van der Waals surface area (Å²) in [4.78, 5) is 8.25. The highest BCUT2D eigenvalue weighted by Crippen LogP contribution is 2.40. The van der Waals surface area contributed by atoms with Crippen molar-refractivity contribution in [2.75, 3.05) is 4.72 Å². The lowest BCUT2D eigenvalue weighted by molar-refractivity contribution is 0.533. The zero-order valence-corrected chi connectivity index (χ0v) is 13.4. The molecule has 3 aromatic rings. The molecule has 0 spiro atoms. The molecule has 23 heavy (non-hydrogen) atoms. The van der Waals surface area contributed by atoms with Crippen molar-refractivity contribution in [2.24, 2.45) is 0 Å². The van der Waals surface area contributed by atoms with Crippen LogP contribution in [-0.2, 0) is 10.0 Å². The van der Waals surface area contributed by atoms with E-state index in [1.54, 1.807) is 18.2 Å². The summed E-state index contributed by atoms with van der Waals surface area (Å²) in [5.74, 6) is 1.13. The Hall–Kier alpha value is -2.12. The van der Waals surface area contributed by atoms with Gasteiger partial charge in [-0.1, -0.05) is 11.6 Å². The minimum absolute atomic E-state index is 0.0424. The molecule has 0 radical (unpaired) electrons. The molecule has 0 atom stereocenters. The SMILES string of the molecule is O=S(=O)(Nc1ccc2oc(C3CC3)nc2c1)c1ccc(Cl)nc1. The number of aromatic nitrogens is 2. The highest BCUT2D eigenvalue weighted by Gasteiger charge is 2.29. The van der Waals surface area contributed by atoms with E-state index in [2.05, 4.69) is 14.7 Å². The maximum absolute atomic E-state index is 12.3. The standard InChI is InChI=1S/C15H12ClN3O3S/c16-14-6-4-11(8-17-14)23(20,21)19-10-3-5-13-12(7-10)18-15(22-13)9-1-2-9/h3-9,19H,1-2H2. The second-order valence-corrected chi connectivity index (χ2v) is 7.50. The molecule has 118 valence electrons. The third-order valence-corrected chi connectivity index (χ3v) is 5.18. The van der Waals surface area contributed by atoms with Crippen molar-refractivity contribution in [1.82, 2.24) is 9.97 Å². The fourth-order valence-electron chi connectivity index (χ4n) is 2.25. The molecule has 0 amide bonds. The Balaban J connectivity index is 1.64. The number of halogens is 1. The minimum Gasteiger partial charge on any atom is -0.440 e. The van der Waals surface area contributed by atoms with Crippen molar-refractivity contribution in [3.63, 3.8) is 0 Å². The summed E-state index contributed by atoms with van der Waals surface area (Å²) >= 11 is 5.68. The lowest BCUT2D eigenvalue weighted by Gasteiger charge is -2.07. The first-order valence-corrected chi connectivity index (χ1v) is 8.92. The average Bonchev–Trinajstić information content (AvgIpc) is 3.27. The molecule has 0 aliphatic heterocycles. The van der Waals surface area contributed by atoms with Crippen molar-refractivity contribution in [3.8, 4) is 0 Å². The van der Waals surface area contributed by atoms with Crippen LogP contribution < -0.4 is 4.72 Å². The van der Waals surface area contributed by atoms with E-state index < -0.39 is 10.0 Å². The van der Waals surface area contributed by atoms with Crippen LogP contribution in [0, 0.1) is 0 Å². The summed E-state index contributed by atoms with van der Waals surface area (Å²) in [7, 11) is -3.73. The molecule has 0 unspecified atom stereocenters. The molecule has 4 rings (SSSR count). The van der Waals surface area contributed by atoms with Gasteiger partial charge in [-0.05, 0) is 43.2 Å². The summed E-state index contributed by atoms with van der Waals surface area (Å²) in [5, 5.41) is 0.237. The number of sulfonamides is 1. The molecular formula is C15H12ClN3O3S. The summed E-state index contributed by atoms with van der Waals surface area (Å²) < 4.78 is 32.8. The largest absolute Gasteiger partial charge is 0.440 e. The quantitative estimate of drug-likeness (QED) is 0.728. The number of pyridine rings is 1. The molecular weight excluding hydrogens is 338 g/mol. The van der Waals surface area contributed by atoms with Crippen LogP contribution in [0.5, 0.6) is 0 Å². The van der Waals surface area contributed by atoms with E-state index in [0.717, 1.165) is 18.7 Å². The Morgan fingerprint density at radius 3 is 2.74 bits per heavy atom. The second kappa shape index (κ2) is 5.21. The minimum atomic E-state index is -3.73. The number of fused-ring (bicyclic) bond motifs is 1. The number of nitrogens with zero attached hydrogens (tertiary/aromatic N) is 2. The van der Waals surface area contributed by atoms with Crippen molar-refractivity contribution in [1.29, 1.82) is 0 Å². The van der Waals surface area contributed by atoms with E-state index >= 15 is 0 Å². The predicted octanol–water partition coefficient (Wildman–Crippen LogP) is 3.55. The van der Waals surface area contributed by atoms with E-state index in [-0.39, 0.29) is 10.0 Å². The van der Waals surface area contributed by atoms with Gasteiger partial charge >= 0.3 is 0 Å². The highest BCUT2D eigenvalue weighted by molar-refractivity contribution is 7.92. The van der Waals surface area contributed by atoms with Crippen molar-refractivity contribution >= 4 is 38.4 Å². The number of hydrogen-bond donors (Lipinski definition) is 1. The van der Waals surface area contributed by atoms with E-state index in [1.807, 2.05) is 0 Å². The Kier molecular flexibility index (Phi) is 3.28. The summed E-state index contributed by atoms with van der Waals surface area (Å²) in [6.45, 7) is 0. The van der Waals surface area contributed by atoms with Gasteiger partial charge in [0.25, 0.3) is 10.0 Å². The Labute approximate surface area is 137 Å². The van der Waals surface area contributed by atoms with Crippen LogP contribution in [0.25, 0.3) is 11.1 Å². The van der Waals surface area contributed by atoms with Gasteiger partial charge in [-0.3, -0.25) is 4.72 Å². The molecule has 1 aliphatic carbocycles. The Morgan fingerprint density at radius 2 is 2.04 bits per heavy atom. The molecule has 1 aliphatic rings. The third-order valence-electron chi connectivity index (χ3n) is 3.59. The molecule has 1 fully saturated rings. The van der Waals surface area contributed by atoms with Crippen LogP contribution in [0.15, 0.2) is 45.8 Å². The van der Waals surface area contributed by atoms with Gasteiger partial charge in [0.15, 0.2) is 11.5 Å². The molecule has 2 aromatic heterocycles. The van der Waals surface area contributed by atoms with E-state index in [1.165, 1.54) is 18.3 Å². The third kappa shape index (κ3) is 2.89. The highest BCUT2D eigenvalue weighted by atomic mass is 35.5. The molecule has 1 N–H and O–H groups in total. The second-order valence-electron chi connectivity index (χ2n) is 5.43. The fraction of sp³-hybridized carbons (Fsp3) is 0.200. The van der Waals surface area contributed by atoms with Gasteiger partial charge in [-0.25, -0.2) is 18.4 Å². The van der Waals surface area contributed by atoms with Gasteiger partial charge in [-0.2, -0.15) is 0 Å². The van der Waals surface area contributed by atoms with Gasteiger partial charge < -0.3 is 4.42 Å². The molecule has 6 nitrogen and oxygen atoms in total. The van der Waals surface area contributed by atoms with Gasteiger partial charge in [0, 0.05) is 12.1 Å². The first-order chi connectivity index (χ1) is 11.0. The molecule has 0 bridgehead atoms. The fourth-order valence-corrected chi connectivity index (χ4v) is 3.35. The number of rotatable bonds is 4. The predicted molar refractivity (Wildman–Crippen MR) is 86.0 cm³/mol. The molecule has 0 saturated heterocycles. The lowest BCUT2D eigenvalue weighted by atomic mass is 10.3. The monoisotopic (exact) mass is 349 g/mol. The number of hydrogen-bond acceptors (Lipinski definition) is 5. The van der Waals surface area contributed by atoms with Gasteiger partial charge in [-0.15, -0.1) is 0 Å². The van der Waals surface area contributed by atoms with Gasteiger partial charge in [0.1, 0.15) is 15.6 Å². The van der Waals surface area contributed by atoms with E-state index in [4.69, 9.17) is 16.0 Å². The van der Waals surface area contributed by atoms with E-state index in [0.29, 0.717) is 22.7 Å². The van der Waals surface area contributed by atoms with Gasteiger partial charge in [0.05, 0.1) is 5.69 Å². The van der Waals surface area contributed by atoms with Crippen molar-refractivity contribution < 1.29 is 12.8 Å². The maximum Gasteiger partial charge on any atom is 0.263 e. The number of nitrogens with one attached hydrogen (secondary N) is 1. The summed E-state index contributed by atoms with van der Waals surface area (Å²) in [5.41, 5.74) is 1.72. The molecule has 8 heteroatoms. The lowest BCUT2D eigenvalue weighted by Crippen LogP contribution is -2.13. The summed E-state index contributed by atoms with van der Waals surface area (Å²) in [6.07, 6.45) is 3.40. The summed E-state index contributed by atoms with van der Waals surface area (Å²) in [6, 6.07) is 7.85. The van der Waals surface area contributed by atoms with E-state index in [9.17, 15) is 8.42 Å². The van der Waals surface area contributed by atoms with Crippen LogP contribution in [0.2, 0.25) is 5.15 Å². The zero-order valence-electron chi connectivity index (χ0n) is 11.9. The number of anilines is 1. The van der Waals surface area contributed by atoms with Crippen LogP contribution in [-0.4, -0.2) is 18.4 Å². The maximum atomic E-state index is 12.3. The molecule has 1 saturated carbocycles. The number of oxazole rings is 1. The van der Waals surface area contributed by atoms with Crippen molar-refractivity contribution in [3.05, 3.63) is 47.6 Å². The Bertz CT molecular complexity index is 979. The first-order valence-electron chi connectivity index (χ1n) is 7.06. The smallest absolute Gasteiger partial charge is 0.263 e. The topological polar surface area (TPSA) is 85.1 Å². The van der Waals surface area contributed by atoms with Crippen LogP contribution in [0.4, 0.5) is 5.69 Å². The molecule has 2 heterocycles. The van der Waals surface area contributed by atoms with Crippen LogP contribution >= 0.6 is 11.6 Å². The zero-order chi connectivity index (χ0) is 16.0. The van der Waals surface area contributed by atoms with Crippen LogP contribution in [0.1, 0.15) is 24.7 Å².